The van der Waals surface area contributed by atoms with E-state index in [9.17, 15) is 4.79 Å². The second kappa shape index (κ2) is 7.90. The van der Waals surface area contributed by atoms with E-state index in [2.05, 4.69) is 15.5 Å². The average Bonchev–Trinajstić information content (AvgIpc) is 3.04. The van der Waals surface area contributed by atoms with Gasteiger partial charge in [0.05, 0.1) is 0 Å². The SMILES string of the molecule is O=C(NC1CCN(c2ccc(Cl)cc2)CC1)N[C@@H]1C=C[C@H](CO)C1. The maximum Gasteiger partial charge on any atom is 0.315 e. The van der Waals surface area contributed by atoms with Gasteiger partial charge in [0.15, 0.2) is 0 Å². The molecule has 2 amide bonds. The van der Waals surface area contributed by atoms with Gasteiger partial charge in [-0.1, -0.05) is 23.8 Å². The number of carbonyl (C=O) groups excluding carboxylic acids is 1. The normalized spacial score (nSPS) is 24.2. The molecule has 6 heteroatoms. The van der Waals surface area contributed by atoms with Gasteiger partial charge in [0.25, 0.3) is 0 Å². The number of nitrogens with one attached hydrogen (secondary N) is 2. The highest BCUT2D eigenvalue weighted by Crippen LogP contribution is 2.22. The summed E-state index contributed by atoms with van der Waals surface area (Å²) in [5.74, 6) is 0.165. The van der Waals surface area contributed by atoms with Crippen molar-refractivity contribution < 1.29 is 9.90 Å². The topological polar surface area (TPSA) is 64.6 Å². The monoisotopic (exact) mass is 349 g/mol. The Morgan fingerprint density at radius 3 is 2.50 bits per heavy atom. The molecule has 24 heavy (non-hydrogen) atoms. The van der Waals surface area contributed by atoms with Crippen LogP contribution in [0.4, 0.5) is 10.5 Å². The van der Waals surface area contributed by atoms with Crippen LogP contribution < -0.4 is 15.5 Å². The molecular formula is C18H24ClN3O2. The first kappa shape index (κ1) is 17.1. The number of piperidine rings is 1. The number of benzene rings is 1. The molecule has 3 N–H and O–H groups in total. The first-order valence-electron chi connectivity index (χ1n) is 8.51. The van der Waals surface area contributed by atoms with Crippen molar-refractivity contribution in [2.75, 3.05) is 24.6 Å². The second-order valence-electron chi connectivity index (χ2n) is 6.53. The molecule has 3 rings (SSSR count). The molecule has 0 aromatic heterocycles. The number of hydrogen-bond acceptors (Lipinski definition) is 3. The van der Waals surface area contributed by atoms with Crippen LogP contribution >= 0.6 is 11.6 Å². The number of aliphatic hydroxyl groups is 1. The van der Waals surface area contributed by atoms with E-state index in [0.29, 0.717) is 0 Å². The fourth-order valence-electron chi connectivity index (χ4n) is 3.35. The number of halogens is 1. The minimum atomic E-state index is -0.117. The van der Waals surface area contributed by atoms with Crippen LogP contribution in [0.1, 0.15) is 19.3 Å². The van der Waals surface area contributed by atoms with Gasteiger partial charge in [0.1, 0.15) is 0 Å². The molecule has 1 aliphatic heterocycles. The number of carbonyl (C=O) groups is 1. The largest absolute Gasteiger partial charge is 0.396 e. The average molecular weight is 350 g/mol. The molecule has 0 spiro atoms. The summed E-state index contributed by atoms with van der Waals surface area (Å²) in [6, 6.07) is 7.99. The lowest BCUT2D eigenvalue weighted by molar-refractivity contribution is 0.226. The minimum absolute atomic E-state index is 0.0244. The van der Waals surface area contributed by atoms with Crippen molar-refractivity contribution in [2.45, 2.75) is 31.3 Å². The summed E-state index contributed by atoms with van der Waals surface area (Å²) in [5.41, 5.74) is 1.17. The molecule has 0 unspecified atom stereocenters. The molecule has 1 saturated heterocycles. The fraction of sp³-hybridized carbons (Fsp3) is 0.500. The summed E-state index contributed by atoms with van der Waals surface area (Å²) >= 11 is 5.93. The van der Waals surface area contributed by atoms with Crippen molar-refractivity contribution in [2.24, 2.45) is 5.92 Å². The minimum Gasteiger partial charge on any atom is -0.396 e. The zero-order chi connectivity index (χ0) is 16.9. The van der Waals surface area contributed by atoms with Crippen LogP contribution in [-0.4, -0.2) is 42.9 Å². The van der Waals surface area contributed by atoms with Crippen molar-refractivity contribution in [1.82, 2.24) is 10.6 Å². The van der Waals surface area contributed by atoms with Gasteiger partial charge in [-0.2, -0.15) is 0 Å². The summed E-state index contributed by atoms with van der Waals surface area (Å²) in [5, 5.41) is 15.9. The van der Waals surface area contributed by atoms with Gasteiger partial charge in [-0.25, -0.2) is 4.79 Å². The lowest BCUT2D eigenvalue weighted by atomic mass is 10.0. The van der Waals surface area contributed by atoms with E-state index >= 15 is 0 Å². The standard InChI is InChI=1S/C18H24ClN3O2/c19-14-2-5-17(6-3-14)22-9-7-15(8-10-22)20-18(24)21-16-4-1-13(11-16)12-23/h1-6,13,15-16,23H,7-12H2,(H2,20,21,24)/t13-,16+/m0/s1. The molecule has 130 valence electrons. The van der Waals surface area contributed by atoms with Gasteiger partial charge >= 0.3 is 6.03 Å². The lowest BCUT2D eigenvalue weighted by Gasteiger charge is -2.34. The summed E-state index contributed by atoms with van der Waals surface area (Å²) in [7, 11) is 0. The number of aliphatic hydroxyl groups excluding tert-OH is 1. The van der Waals surface area contributed by atoms with Crippen LogP contribution in [0.15, 0.2) is 36.4 Å². The highest BCUT2D eigenvalue weighted by Gasteiger charge is 2.23. The van der Waals surface area contributed by atoms with Crippen LogP contribution in [0.5, 0.6) is 0 Å². The van der Waals surface area contributed by atoms with E-state index in [1.807, 2.05) is 36.4 Å². The summed E-state index contributed by atoms with van der Waals surface area (Å²) in [6.45, 7) is 1.98. The number of hydrogen-bond donors (Lipinski definition) is 3. The smallest absolute Gasteiger partial charge is 0.315 e. The molecule has 2 aliphatic rings. The van der Waals surface area contributed by atoms with Crippen molar-refractivity contribution in [3.63, 3.8) is 0 Å². The summed E-state index contributed by atoms with van der Waals surface area (Å²) in [4.78, 5) is 14.4. The third kappa shape index (κ3) is 4.42. The van der Waals surface area contributed by atoms with Crippen LogP contribution in [0.25, 0.3) is 0 Å². The zero-order valence-corrected chi connectivity index (χ0v) is 14.4. The highest BCUT2D eigenvalue weighted by molar-refractivity contribution is 6.30. The third-order valence-corrected chi connectivity index (χ3v) is 5.00. The van der Waals surface area contributed by atoms with Crippen LogP contribution in [-0.2, 0) is 0 Å². The van der Waals surface area contributed by atoms with Crippen molar-refractivity contribution in [3.8, 4) is 0 Å². The van der Waals surface area contributed by atoms with Crippen molar-refractivity contribution in [3.05, 3.63) is 41.4 Å². The Labute approximate surface area is 147 Å². The van der Waals surface area contributed by atoms with Crippen molar-refractivity contribution in [1.29, 1.82) is 0 Å². The fourth-order valence-corrected chi connectivity index (χ4v) is 3.47. The number of amides is 2. The van der Waals surface area contributed by atoms with E-state index in [-0.39, 0.29) is 30.6 Å². The number of rotatable bonds is 4. The Bertz CT molecular complexity index is 582. The van der Waals surface area contributed by atoms with Gasteiger partial charge in [-0.3, -0.25) is 0 Å². The Morgan fingerprint density at radius 2 is 1.88 bits per heavy atom. The molecular weight excluding hydrogens is 326 g/mol. The van der Waals surface area contributed by atoms with Crippen LogP contribution in [0.2, 0.25) is 5.02 Å². The maximum absolute atomic E-state index is 12.1. The Hall–Kier alpha value is -1.72. The van der Waals surface area contributed by atoms with Gasteiger partial charge in [0.2, 0.25) is 0 Å². The molecule has 1 aliphatic carbocycles. The van der Waals surface area contributed by atoms with Crippen LogP contribution in [0, 0.1) is 5.92 Å². The number of urea groups is 1. The molecule has 0 saturated carbocycles. The van der Waals surface area contributed by atoms with Crippen molar-refractivity contribution >= 4 is 23.3 Å². The molecule has 0 radical (unpaired) electrons. The quantitative estimate of drug-likeness (QED) is 0.732. The first-order chi connectivity index (χ1) is 11.6. The maximum atomic E-state index is 12.1. The van der Waals surface area contributed by atoms with Gasteiger partial charge in [-0.05, 0) is 43.5 Å². The van der Waals surface area contributed by atoms with Gasteiger partial charge < -0.3 is 20.6 Å². The first-order valence-corrected chi connectivity index (χ1v) is 8.88. The van der Waals surface area contributed by atoms with E-state index in [4.69, 9.17) is 16.7 Å². The van der Waals surface area contributed by atoms with E-state index in [1.54, 1.807) is 0 Å². The summed E-state index contributed by atoms with van der Waals surface area (Å²) < 4.78 is 0. The Balaban J connectivity index is 1.41. The van der Waals surface area contributed by atoms with Crippen LogP contribution in [0.3, 0.4) is 0 Å². The van der Waals surface area contributed by atoms with Gasteiger partial charge in [-0.15, -0.1) is 0 Å². The third-order valence-electron chi connectivity index (χ3n) is 4.75. The second-order valence-corrected chi connectivity index (χ2v) is 6.96. The van der Waals surface area contributed by atoms with E-state index in [0.717, 1.165) is 37.4 Å². The molecule has 2 atom stereocenters. The van der Waals surface area contributed by atoms with E-state index < -0.39 is 0 Å². The molecule has 1 aromatic rings. The molecule has 1 heterocycles. The van der Waals surface area contributed by atoms with E-state index in [1.165, 1.54) is 5.69 Å². The molecule has 5 nitrogen and oxygen atoms in total. The zero-order valence-electron chi connectivity index (χ0n) is 13.6. The van der Waals surface area contributed by atoms with Gasteiger partial charge in [0, 0.05) is 48.4 Å². The lowest BCUT2D eigenvalue weighted by Crippen LogP contribution is -2.49. The summed E-state index contributed by atoms with van der Waals surface area (Å²) in [6.07, 6.45) is 6.56. The Kier molecular flexibility index (Phi) is 5.63. The number of nitrogens with zero attached hydrogens (tertiary/aromatic N) is 1. The predicted octanol–water partition coefficient (Wildman–Crippen LogP) is 2.55. The molecule has 1 aromatic carbocycles. The predicted molar refractivity (Wildman–Crippen MR) is 96.5 cm³/mol. The highest BCUT2D eigenvalue weighted by atomic mass is 35.5. The number of anilines is 1. The molecule has 0 bridgehead atoms. The molecule has 1 fully saturated rings. The Morgan fingerprint density at radius 1 is 1.17 bits per heavy atom.